The van der Waals surface area contributed by atoms with Crippen molar-refractivity contribution < 1.29 is 19.4 Å². The van der Waals surface area contributed by atoms with E-state index in [0.717, 1.165) is 5.56 Å². The molecule has 1 aromatic carbocycles. The van der Waals surface area contributed by atoms with E-state index in [1.54, 1.807) is 39.0 Å². The Morgan fingerprint density at radius 1 is 1.30 bits per heavy atom. The molecule has 0 bridgehead atoms. The van der Waals surface area contributed by atoms with Crippen LogP contribution in [-0.4, -0.2) is 29.2 Å². The first-order valence-electron chi connectivity index (χ1n) is 6.03. The lowest BCUT2D eigenvalue weighted by molar-refractivity contribution is -0.153. The minimum Gasteiger partial charge on any atom is -0.478 e. The van der Waals surface area contributed by atoms with Crippen molar-refractivity contribution >= 4 is 24.3 Å². The maximum absolute atomic E-state index is 11.4. The van der Waals surface area contributed by atoms with Crippen LogP contribution in [0.1, 0.15) is 36.7 Å². The number of halogens is 1. The van der Waals surface area contributed by atoms with Gasteiger partial charge in [-0.05, 0) is 38.5 Å². The molecule has 0 aliphatic carbocycles. The predicted octanol–water partition coefficient (Wildman–Crippen LogP) is 2.24. The minimum absolute atomic E-state index is 0. The molecule has 0 aromatic heterocycles. The van der Waals surface area contributed by atoms with Crippen molar-refractivity contribution in [3.05, 3.63) is 35.4 Å². The molecule has 0 fully saturated rings. The molecule has 0 unspecified atom stereocenters. The van der Waals surface area contributed by atoms with Crippen molar-refractivity contribution in [1.82, 2.24) is 5.32 Å². The van der Waals surface area contributed by atoms with Gasteiger partial charge in [-0.25, -0.2) is 4.79 Å². The second kappa shape index (κ2) is 7.87. The largest absolute Gasteiger partial charge is 0.478 e. The normalized spacial score (nSPS) is 10.6. The van der Waals surface area contributed by atoms with E-state index in [2.05, 4.69) is 5.32 Å². The number of hydrogen-bond acceptors (Lipinski definition) is 4. The third kappa shape index (κ3) is 7.11. The fourth-order valence-corrected chi connectivity index (χ4v) is 1.50. The zero-order valence-corrected chi connectivity index (χ0v) is 12.6. The van der Waals surface area contributed by atoms with Gasteiger partial charge in [-0.3, -0.25) is 4.79 Å². The predicted molar refractivity (Wildman–Crippen MR) is 78.2 cm³/mol. The van der Waals surface area contributed by atoms with Gasteiger partial charge >= 0.3 is 11.9 Å². The van der Waals surface area contributed by atoms with Crippen molar-refractivity contribution in [1.29, 1.82) is 0 Å². The molecule has 0 aliphatic heterocycles. The lowest BCUT2D eigenvalue weighted by Gasteiger charge is -2.19. The molecular weight excluding hydrogens is 282 g/mol. The Kier molecular flexibility index (Phi) is 7.24. The Morgan fingerprint density at radius 3 is 2.50 bits per heavy atom. The molecule has 0 saturated carbocycles. The number of carbonyl (C=O) groups is 2. The number of carboxylic acid groups (broad SMARTS) is 1. The van der Waals surface area contributed by atoms with Gasteiger partial charge in [0.05, 0.1) is 12.1 Å². The lowest BCUT2D eigenvalue weighted by Crippen LogP contribution is -2.31. The van der Waals surface area contributed by atoms with E-state index in [9.17, 15) is 9.59 Å². The van der Waals surface area contributed by atoms with E-state index >= 15 is 0 Å². The molecule has 0 radical (unpaired) electrons. The summed E-state index contributed by atoms with van der Waals surface area (Å²) in [6, 6.07) is 6.58. The van der Waals surface area contributed by atoms with Gasteiger partial charge in [-0.15, -0.1) is 12.4 Å². The van der Waals surface area contributed by atoms with Crippen LogP contribution in [0.5, 0.6) is 0 Å². The maximum atomic E-state index is 11.4. The Morgan fingerprint density at radius 2 is 1.95 bits per heavy atom. The summed E-state index contributed by atoms with van der Waals surface area (Å²) in [7, 11) is 0. The molecule has 5 nitrogen and oxygen atoms in total. The van der Waals surface area contributed by atoms with Crippen molar-refractivity contribution in [2.24, 2.45) is 0 Å². The Hall–Kier alpha value is -1.59. The minimum atomic E-state index is -0.964. The molecule has 0 aliphatic rings. The highest BCUT2D eigenvalue weighted by Crippen LogP contribution is 2.07. The number of carbonyl (C=O) groups excluding carboxylic acids is 1. The smallest absolute Gasteiger partial charge is 0.335 e. The zero-order chi connectivity index (χ0) is 14.5. The second-order valence-corrected chi connectivity index (χ2v) is 5.20. The molecule has 0 spiro atoms. The molecular formula is C14H20ClNO4. The van der Waals surface area contributed by atoms with Crippen LogP contribution in [0.15, 0.2) is 24.3 Å². The van der Waals surface area contributed by atoms with E-state index in [0.29, 0.717) is 6.54 Å². The van der Waals surface area contributed by atoms with E-state index in [1.807, 2.05) is 0 Å². The van der Waals surface area contributed by atoms with Crippen molar-refractivity contribution in [2.45, 2.75) is 32.9 Å². The molecule has 112 valence electrons. The molecule has 0 saturated heterocycles. The van der Waals surface area contributed by atoms with Crippen LogP contribution in [0, 0.1) is 0 Å². The van der Waals surface area contributed by atoms with Crippen molar-refractivity contribution in [3.8, 4) is 0 Å². The summed E-state index contributed by atoms with van der Waals surface area (Å²) >= 11 is 0. The summed E-state index contributed by atoms with van der Waals surface area (Å²) in [4.78, 5) is 22.2. The summed E-state index contributed by atoms with van der Waals surface area (Å²) in [5.74, 6) is -1.30. The summed E-state index contributed by atoms with van der Waals surface area (Å²) in [6.45, 7) is 5.93. The van der Waals surface area contributed by atoms with E-state index in [1.165, 1.54) is 6.07 Å². The van der Waals surface area contributed by atoms with Crippen molar-refractivity contribution in [2.75, 3.05) is 6.54 Å². The van der Waals surface area contributed by atoms with Crippen molar-refractivity contribution in [3.63, 3.8) is 0 Å². The SMILES string of the molecule is CC(C)(C)OC(=O)CNCc1cccc(C(=O)O)c1.Cl. The number of ether oxygens (including phenoxy) is 1. The molecule has 2 N–H and O–H groups in total. The molecule has 0 heterocycles. The highest BCUT2D eigenvalue weighted by Gasteiger charge is 2.15. The van der Waals surface area contributed by atoms with Gasteiger partial charge in [-0.1, -0.05) is 12.1 Å². The third-order valence-electron chi connectivity index (χ3n) is 2.19. The summed E-state index contributed by atoms with van der Waals surface area (Å²) in [5.41, 5.74) is 0.544. The first-order chi connectivity index (χ1) is 8.78. The Labute approximate surface area is 124 Å². The lowest BCUT2D eigenvalue weighted by atomic mass is 10.1. The highest BCUT2D eigenvalue weighted by atomic mass is 35.5. The molecule has 20 heavy (non-hydrogen) atoms. The summed E-state index contributed by atoms with van der Waals surface area (Å²) in [5, 5.41) is 11.8. The average molecular weight is 302 g/mol. The van der Waals surface area contributed by atoms with E-state index < -0.39 is 11.6 Å². The Balaban J connectivity index is 0.00000361. The third-order valence-corrected chi connectivity index (χ3v) is 2.19. The van der Waals surface area contributed by atoms with Gasteiger partial charge in [0.25, 0.3) is 0 Å². The number of esters is 1. The van der Waals surface area contributed by atoms with Crippen LogP contribution in [0.4, 0.5) is 0 Å². The number of nitrogens with one attached hydrogen (secondary N) is 1. The van der Waals surface area contributed by atoms with E-state index in [4.69, 9.17) is 9.84 Å². The number of hydrogen-bond donors (Lipinski definition) is 2. The second-order valence-electron chi connectivity index (χ2n) is 5.20. The standard InChI is InChI=1S/C14H19NO4.ClH/c1-14(2,3)19-12(16)9-15-8-10-5-4-6-11(7-10)13(17)18;/h4-7,15H,8-9H2,1-3H3,(H,17,18);1H. The number of aromatic carboxylic acids is 1. The highest BCUT2D eigenvalue weighted by molar-refractivity contribution is 5.87. The molecule has 0 atom stereocenters. The maximum Gasteiger partial charge on any atom is 0.335 e. The molecule has 0 amide bonds. The van der Waals surface area contributed by atoms with Gasteiger partial charge in [0.2, 0.25) is 0 Å². The fraction of sp³-hybridized carbons (Fsp3) is 0.429. The topological polar surface area (TPSA) is 75.6 Å². The first-order valence-corrected chi connectivity index (χ1v) is 6.03. The van der Waals surface area contributed by atoms with E-state index in [-0.39, 0.29) is 30.5 Å². The van der Waals surface area contributed by atoms with Gasteiger partial charge in [-0.2, -0.15) is 0 Å². The summed E-state index contributed by atoms with van der Waals surface area (Å²) < 4.78 is 5.14. The zero-order valence-electron chi connectivity index (χ0n) is 11.8. The van der Waals surface area contributed by atoms with Crippen LogP contribution in [0.25, 0.3) is 0 Å². The van der Waals surface area contributed by atoms with Gasteiger partial charge in [0.15, 0.2) is 0 Å². The number of carboxylic acids is 1. The molecule has 1 aromatic rings. The van der Waals surface area contributed by atoms with Gasteiger partial charge in [0, 0.05) is 6.54 Å². The quantitative estimate of drug-likeness (QED) is 0.816. The van der Waals surface area contributed by atoms with Gasteiger partial charge < -0.3 is 15.2 Å². The Bertz CT molecular complexity index is 468. The monoisotopic (exact) mass is 301 g/mol. The van der Waals surface area contributed by atoms with Crippen LogP contribution in [0.3, 0.4) is 0 Å². The van der Waals surface area contributed by atoms with Gasteiger partial charge in [0.1, 0.15) is 5.60 Å². The van der Waals surface area contributed by atoms with Crippen LogP contribution in [-0.2, 0) is 16.1 Å². The number of benzene rings is 1. The number of rotatable bonds is 5. The first kappa shape index (κ1) is 18.4. The van der Waals surface area contributed by atoms with Crippen LogP contribution in [0.2, 0.25) is 0 Å². The molecule has 6 heteroatoms. The molecule has 1 rings (SSSR count). The van der Waals surface area contributed by atoms with Crippen LogP contribution >= 0.6 is 12.4 Å². The average Bonchev–Trinajstić information content (AvgIpc) is 2.27. The fourth-order valence-electron chi connectivity index (χ4n) is 1.50. The van der Waals surface area contributed by atoms with Crippen LogP contribution < -0.4 is 5.32 Å². The summed E-state index contributed by atoms with van der Waals surface area (Å²) in [6.07, 6.45) is 0.